The molecule has 2 unspecified atom stereocenters. The maximum Gasteiger partial charge on any atom is 0.320 e. The van der Waals surface area contributed by atoms with Crippen molar-refractivity contribution >= 4 is 12.0 Å². The fourth-order valence-electron chi connectivity index (χ4n) is 3.06. The molecule has 0 aliphatic carbocycles. The molecule has 2 aliphatic rings. The second kappa shape index (κ2) is 6.93. The lowest BCUT2D eigenvalue weighted by Crippen LogP contribution is -2.52. The molecule has 1 N–H and O–H groups in total. The van der Waals surface area contributed by atoms with Crippen LogP contribution >= 0.6 is 0 Å². The molecule has 2 heterocycles. The van der Waals surface area contributed by atoms with Gasteiger partial charge in [0.15, 0.2) is 0 Å². The Morgan fingerprint density at radius 2 is 2.19 bits per heavy atom. The van der Waals surface area contributed by atoms with E-state index in [4.69, 9.17) is 9.84 Å². The van der Waals surface area contributed by atoms with Crippen molar-refractivity contribution in [1.29, 1.82) is 0 Å². The molecule has 0 bridgehead atoms. The maximum absolute atomic E-state index is 12.5. The Hall–Kier alpha value is -1.56. The highest BCUT2D eigenvalue weighted by atomic mass is 16.5. The Kier molecular flexibility index (Phi) is 5.22. The molecular weight excluding hydrogens is 272 g/mol. The van der Waals surface area contributed by atoms with Gasteiger partial charge in [-0.15, -0.1) is 0 Å². The fraction of sp³-hybridized carbons (Fsp3) is 0.733. The van der Waals surface area contributed by atoms with E-state index in [1.165, 1.54) is 5.57 Å². The number of carboxylic acid groups (broad SMARTS) is 1. The van der Waals surface area contributed by atoms with Crippen LogP contribution in [0.25, 0.3) is 0 Å². The molecular formula is C15H24N2O4. The zero-order chi connectivity index (χ0) is 15.4. The number of hydrogen-bond acceptors (Lipinski definition) is 3. The molecule has 21 heavy (non-hydrogen) atoms. The molecule has 0 aromatic rings. The zero-order valence-electron chi connectivity index (χ0n) is 12.7. The number of carbonyl (C=O) groups is 2. The van der Waals surface area contributed by atoms with E-state index in [9.17, 15) is 9.59 Å². The van der Waals surface area contributed by atoms with E-state index in [0.717, 1.165) is 6.42 Å². The third-order valence-electron chi connectivity index (χ3n) is 4.37. The first-order chi connectivity index (χ1) is 10.0. The van der Waals surface area contributed by atoms with Crippen LogP contribution in [0.2, 0.25) is 0 Å². The summed E-state index contributed by atoms with van der Waals surface area (Å²) in [6.45, 7) is 4.41. The van der Waals surface area contributed by atoms with E-state index >= 15 is 0 Å². The minimum Gasteiger partial charge on any atom is -0.481 e. The smallest absolute Gasteiger partial charge is 0.320 e. The van der Waals surface area contributed by atoms with E-state index < -0.39 is 5.97 Å². The van der Waals surface area contributed by atoms with Gasteiger partial charge in [0.25, 0.3) is 0 Å². The number of aliphatic carboxylic acids is 1. The van der Waals surface area contributed by atoms with Crippen LogP contribution in [-0.2, 0) is 9.53 Å². The second-order valence-electron chi connectivity index (χ2n) is 5.88. The Morgan fingerprint density at radius 3 is 2.71 bits per heavy atom. The standard InChI is InChI=1S/C15H24N2O4/c1-11-9-13(14(18)19)5-8-17(11)15(20)16-6-3-12(4-7-16)10-21-2/h3,11,13H,4-10H2,1-2H3,(H,18,19). The number of likely N-dealkylation sites (tertiary alicyclic amines) is 1. The minimum atomic E-state index is -0.751. The van der Waals surface area contributed by atoms with Crippen molar-refractivity contribution in [2.45, 2.75) is 32.2 Å². The molecule has 1 fully saturated rings. The highest BCUT2D eigenvalue weighted by molar-refractivity contribution is 5.76. The molecule has 2 rings (SSSR count). The Bertz CT molecular complexity index is 435. The average molecular weight is 296 g/mol. The molecule has 0 aromatic carbocycles. The van der Waals surface area contributed by atoms with Gasteiger partial charge in [-0.2, -0.15) is 0 Å². The van der Waals surface area contributed by atoms with Gasteiger partial charge in [-0.3, -0.25) is 4.79 Å². The van der Waals surface area contributed by atoms with Crippen molar-refractivity contribution < 1.29 is 19.4 Å². The van der Waals surface area contributed by atoms with Crippen molar-refractivity contribution in [1.82, 2.24) is 9.80 Å². The van der Waals surface area contributed by atoms with Gasteiger partial charge in [-0.05, 0) is 31.8 Å². The van der Waals surface area contributed by atoms with Crippen LogP contribution in [0.1, 0.15) is 26.2 Å². The highest BCUT2D eigenvalue weighted by Gasteiger charge is 2.34. The largest absolute Gasteiger partial charge is 0.481 e. The average Bonchev–Trinajstić information content (AvgIpc) is 2.47. The molecule has 118 valence electrons. The van der Waals surface area contributed by atoms with Crippen LogP contribution in [0.4, 0.5) is 4.79 Å². The van der Waals surface area contributed by atoms with Gasteiger partial charge in [0.05, 0.1) is 12.5 Å². The van der Waals surface area contributed by atoms with Crippen LogP contribution in [0, 0.1) is 5.92 Å². The summed E-state index contributed by atoms with van der Waals surface area (Å²) in [5.74, 6) is -1.07. The van der Waals surface area contributed by atoms with Gasteiger partial charge in [0.1, 0.15) is 0 Å². The van der Waals surface area contributed by atoms with Crippen molar-refractivity contribution in [3.8, 4) is 0 Å². The number of carbonyl (C=O) groups excluding carboxylic acids is 1. The number of piperidine rings is 1. The summed E-state index contributed by atoms with van der Waals surface area (Å²) in [5.41, 5.74) is 1.24. The first kappa shape index (κ1) is 15.8. The Morgan fingerprint density at radius 1 is 1.43 bits per heavy atom. The summed E-state index contributed by atoms with van der Waals surface area (Å²) in [4.78, 5) is 27.2. The number of nitrogens with zero attached hydrogens (tertiary/aromatic N) is 2. The number of ether oxygens (including phenoxy) is 1. The molecule has 2 aliphatic heterocycles. The van der Waals surface area contributed by atoms with Crippen LogP contribution in [-0.4, -0.2) is 66.3 Å². The van der Waals surface area contributed by atoms with Gasteiger partial charge >= 0.3 is 12.0 Å². The lowest BCUT2D eigenvalue weighted by molar-refractivity contribution is -0.143. The van der Waals surface area contributed by atoms with Crippen molar-refractivity contribution in [2.75, 3.05) is 33.4 Å². The molecule has 6 heteroatoms. The van der Waals surface area contributed by atoms with E-state index in [2.05, 4.69) is 6.08 Å². The lowest BCUT2D eigenvalue weighted by Gasteiger charge is -2.40. The number of urea groups is 1. The molecule has 0 aromatic heterocycles. The van der Waals surface area contributed by atoms with Gasteiger partial charge in [-0.25, -0.2) is 4.79 Å². The summed E-state index contributed by atoms with van der Waals surface area (Å²) in [5, 5.41) is 9.08. The summed E-state index contributed by atoms with van der Waals surface area (Å²) in [7, 11) is 1.67. The first-order valence-corrected chi connectivity index (χ1v) is 7.48. The summed E-state index contributed by atoms with van der Waals surface area (Å²) in [6, 6.07) is 0.00996. The van der Waals surface area contributed by atoms with Gasteiger partial charge in [-0.1, -0.05) is 6.08 Å². The third kappa shape index (κ3) is 3.75. The Balaban J connectivity index is 1.91. The first-order valence-electron chi connectivity index (χ1n) is 7.48. The van der Waals surface area contributed by atoms with Gasteiger partial charge in [0.2, 0.25) is 0 Å². The Labute approximate surface area is 125 Å². The summed E-state index contributed by atoms with van der Waals surface area (Å²) < 4.78 is 5.11. The van der Waals surface area contributed by atoms with Gasteiger partial charge in [0, 0.05) is 32.8 Å². The van der Waals surface area contributed by atoms with Crippen LogP contribution in [0.5, 0.6) is 0 Å². The highest BCUT2D eigenvalue weighted by Crippen LogP contribution is 2.25. The fourth-order valence-corrected chi connectivity index (χ4v) is 3.06. The van der Waals surface area contributed by atoms with E-state index in [1.807, 2.05) is 16.7 Å². The number of methoxy groups -OCH3 is 1. The second-order valence-corrected chi connectivity index (χ2v) is 5.88. The van der Waals surface area contributed by atoms with Crippen molar-refractivity contribution in [2.24, 2.45) is 5.92 Å². The topological polar surface area (TPSA) is 70.1 Å². The number of rotatable bonds is 3. The molecule has 0 spiro atoms. The minimum absolute atomic E-state index is 0.0169. The molecule has 0 saturated carbocycles. The predicted molar refractivity (Wildman–Crippen MR) is 78.1 cm³/mol. The van der Waals surface area contributed by atoms with Gasteiger partial charge < -0.3 is 19.6 Å². The normalized spacial score (nSPS) is 26.5. The lowest BCUT2D eigenvalue weighted by atomic mass is 9.92. The molecule has 1 saturated heterocycles. The number of amides is 2. The SMILES string of the molecule is COCC1=CCN(C(=O)N2CCC(C(=O)O)CC2C)CC1. The van der Waals surface area contributed by atoms with E-state index in [1.54, 1.807) is 7.11 Å². The molecule has 0 radical (unpaired) electrons. The van der Waals surface area contributed by atoms with Crippen molar-refractivity contribution in [3.63, 3.8) is 0 Å². The number of hydrogen-bond donors (Lipinski definition) is 1. The van der Waals surface area contributed by atoms with Crippen molar-refractivity contribution in [3.05, 3.63) is 11.6 Å². The zero-order valence-corrected chi connectivity index (χ0v) is 12.7. The predicted octanol–water partition coefficient (Wildman–Crippen LogP) is 1.57. The molecule has 2 amide bonds. The quantitative estimate of drug-likeness (QED) is 0.803. The van der Waals surface area contributed by atoms with Crippen LogP contribution in [0.3, 0.4) is 0 Å². The summed E-state index contributed by atoms with van der Waals surface area (Å²) >= 11 is 0. The van der Waals surface area contributed by atoms with Crippen LogP contribution in [0.15, 0.2) is 11.6 Å². The monoisotopic (exact) mass is 296 g/mol. The van der Waals surface area contributed by atoms with Crippen LogP contribution < -0.4 is 0 Å². The van der Waals surface area contributed by atoms with E-state index in [-0.39, 0.29) is 18.0 Å². The molecule has 2 atom stereocenters. The third-order valence-corrected chi connectivity index (χ3v) is 4.37. The van der Waals surface area contributed by atoms with E-state index in [0.29, 0.717) is 39.1 Å². The molecule has 6 nitrogen and oxygen atoms in total. The maximum atomic E-state index is 12.5. The number of carboxylic acids is 1. The summed E-state index contributed by atoms with van der Waals surface area (Å²) in [6.07, 6.45) is 3.99.